The first-order valence-electron chi connectivity index (χ1n) is 23.3. The van der Waals surface area contributed by atoms with Crippen LogP contribution < -0.4 is 4.74 Å². The summed E-state index contributed by atoms with van der Waals surface area (Å²) in [6.07, 6.45) is 4.77. The molecule has 7 aromatic carbocycles. The number of para-hydroxylation sites is 1. The Morgan fingerprint density at radius 2 is 0.631 bits per heavy atom. The average molecular weight is 871 g/mol. The number of benzene rings is 7. The summed E-state index contributed by atoms with van der Waals surface area (Å²) in [4.78, 5) is 19.2. The number of hydrogen-bond donors (Lipinski definition) is 0. The smallest absolute Gasteiger partial charge is 0.119 e. The average Bonchev–Trinajstić information content (AvgIpc) is 3.76. The second kappa shape index (κ2) is 27.5. The van der Waals surface area contributed by atoms with Crippen molar-refractivity contribution in [3.05, 3.63) is 221 Å². The Labute approximate surface area is 388 Å². The fraction of sp³-hybridized carbons (Fsp3) is 0.288. The van der Waals surface area contributed by atoms with Crippen LogP contribution in [0.3, 0.4) is 0 Å². The molecule has 0 spiro atoms. The highest BCUT2D eigenvalue weighted by atomic mass is 17.2. The Kier molecular flexibility index (Phi) is 20.5. The van der Waals surface area contributed by atoms with Crippen LogP contribution in [-0.4, -0.2) is 45.7 Å². The van der Waals surface area contributed by atoms with Crippen LogP contribution in [0.5, 0.6) is 5.75 Å². The predicted octanol–water partition coefficient (Wildman–Crippen LogP) is 13.9. The first-order chi connectivity index (χ1) is 32.0. The summed E-state index contributed by atoms with van der Waals surface area (Å²) in [5, 5.41) is 0. The van der Waals surface area contributed by atoms with E-state index in [1.807, 2.05) is 66.7 Å². The topological polar surface area (TPSA) is 58.7 Å². The molecule has 0 bridgehead atoms. The summed E-state index contributed by atoms with van der Waals surface area (Å²) >= 11 is 0. The minimum atomic E-state index is 0.343. The quantitative estimate of drug-likeness (QED) is 0.0953. The van der Waals surface area contributed by atoms with E-state index in [1.165, 1.54) is 55.6 Å². The Morgan fingerprint density at radius 1 is 0.354 bits per heavy atom. The first-order valence-corrected chi connectivity index (χ1v) is 23.3. The minimum Gasteiger partial charge on any atom is -0.491 e. The van der Waals surface area contributed by atoms with Gasteiger partial charge in [0.05, 0.1) is 33.0 Å². The third-order valence-corrected chi connectivity index (χ3v) is 11.5. The van der Waals surface area contributed by atoms with Crippen LogP contribution in [0.1, 0.15) is 72.9 Å². The van der Waals surface area contributed by atoms with Crippen LogP contribution >= 0.6 is 0 Å². The van der Waals surface area contributed by atoms with E-state index in [2.05, 4.69) is 149 Å². The highest BCUT2D eigenvalue weighted by Crippen LogP contribution is 2.24. The van der Waals surface area contributed by atoms with Crippen LogP contribution in [0.2, 0.25) is 0 Å². The first kappa shape index (κ1) is 48.6. The van der Waals surface area contributed by atoms with E-state index in [0.717, 1.165) is 38.0 Å². The van der Waals surface area contributed by atoms with Gasteiger partial charge in [-0.25, -0.2) is 19.6 Å². The molecule has 3 fully saturated rings. The van der Waals surface area contributed by atoms with Crippen molar-refractivity contribution < 1.29 is 29.0 Å². The Hall–Kier alpha value is -5.86. The lowest BCUT2D eigenvalue weighted by Gasteiger charge is -2.04. The van der Waals surface area contributed by atoms with E-state index in [0.29, 0.717) is 51.0 Å². The van der Waals surface area contributed by atoms with Gasteiger partial charge in [0.15, 0.2) is 0 Å². The molecule has 6 nitrogen and oxygen atoms in total. The van der Waals surface area contributed by atoms with Gasteiger partial charge in [-0.3, -0.25) is 0 Å². The SMILES string of the molecule is CCc1ccc(-c2ccc(CC)cc2)cc1.CCc1ccc(-c2ccc(CC)cc2)cc1.c1ccc(C2COOC2)cc1.c1ccc(C2COOC2)cc1.c1ccc(OCC2CO2)cc1. The van der Waals surface area contributed by atoms with E-state index in [-0.39, 0.29) is 0 Å². The normalized spacial score (nSPS) is 15.1. The van der Waals surface area contributed by atoms with E-state index >= 15 is 0 Å². The van der Waals surface area contributed by atoms with Crippen molar-refractivity contribution in [2.24, 2.45) is 0 Å². The number of hydrogen-bond acceptors (Lipinski definition) is 6. The highest BCUT2D eigenvalue weighted by molar-refractivity contribution is 5.65. The molecule has 0 aliphatic carbocycles. The molecule has 6 heteroatoms. The monoisotopic (exact) mass is 870 g/mol. The van der Waals surface area contributed by atoms with Crippen molar-refractivity contribution in [1.29, 1.82) is 0 Å². The van der Waals surface area contributed by atoms with Gasteiger partial charge < -0.3 is 9.47 Å². The third-order valence-electron chi connectivity index (χ3n) is 11.5. The molecule has 3 aliphatic heterocycles. The summed E-state index contributed by atoms with van der Waals surface area (Å²) in [5.41, 5.74) is 13.4. The summed E-state index contributed by atoms with van der Waals surface area (Å²) in [5.74, 6) is 1.77. The van der Waals surface area contributed by atoms with Crippen LogP contribution in [0.4, 0.5) is 0 Å². The lowest BCUT2D eigenvalue weighted by atomic mass is 10.0. The zero-order valence-corrected chi connectivity index (χ0v) is 38.7. The van der Waals surface area contributed by atoms with Crippen molar-refractivity contribution in [2.75, 3.05) is 39.6 Å². The lowest BCUT2D eigenvalue weighted by Crippen LogP contribution is -2.03. The van der Waals surface area contributed by atoms with Gasteiger partial charge in [-0.05, 0) is 93.5 Å². The Morgan fingerprint density at radius 3 is 0.892 bits per heavy atom. The van der Waals surface area contributed by atoms with Crippen molar-refractivity contribution in [2.45, 2.75) is 71.3 Å². The molecule has 1 atom stereocenters. The molecule has 0 amide bonds. The van der Waals surface area contributed by atoms with Gasteiger partial charge in [0, 0.05) is 11.8 Å². The molecule has 10 rings (SSSR count). The van der Waals surface area contributed by atoms with Crippen molar-refractivity contribution in [1.82, 2.24) is 0 Å². The zero-order valence-electron chi connectivity index (χ0n) is 38.7. The van der Waals surface area contributed by atoms with E-state index in [1.54, 1.807) is 0 Å². The summed E-state index contributed by atoms with van der Waals surface area (Å²) in [7, 11) is 0. The highest BCUT2D eigenvalue weighted by Gasteiger charge is 2.23. The summed E-state index contributed by atoms with van der Waals surface area (Å²) in [6, 6.07) is 65.7. The second-order valence-electron chi connectivity index (χ2n) is 16.1. The number of rotatable bonds is 11. The molecule has 7 aromatic rings. The van der Waals surface area contributed by atoms with E-state index < -0.39 is 0 Å². The molecule has 0 N–H and O–H groups in total. The van der Waals surface area contributed by atoms with Gasteiger partial charge in [0.1, 0.15) is 18.5 Å². The molecule has 338 valence electrons. The van der Waals surface area contributed by atoms with Crippen LogP contribution in [0.25, 0.3) is 22.3 Å². The van der Waals surface area contributed by atoms with Gasteiger partial charge in [-0.2, -0.15) is 0 Å². The van der Waals surface area contributed by atoms with Crippen LogP contribution in [0.15, 0.2) is 188 Å². The fourth-order valence-corrected chi connectivity index (χ4v) is 7.05. The Balaban J connectivity index is 0.000000136. The maximum atomic E-state index is 5.40. The lowest BCUT2D eigenvalue weighted by molar-refractivity contribution is -0.248. The fourth-order valence-electron chi connectivity index (χ4n) is 7.05. The van der Waals surface area contributed by atoms with Gasteiger partial charge in [0.25, 0.3) is 0 Å². The molecule has 3 saturated heterocycles. The Bertz CT molecular complexity index is 2050. The minimum absolute atomic E-state index is 0.343. The van der Waals surface area contributed by atoms with Gasteiger partial charge in [-0.15, -0.1) is 0 Å². The molecule has 0 radical (unpaired) electrons. The second-order valence-corrected chi connectivity index (χ2v) is 16.1. The van der Waals surface area contributed by atoms with E-state index in [9.17, 15) is 0 Å². The molecule has 0 aromatic heterocycles. The van der Waals surface area contributed by atoms with E-state index in [4.69, 9.17) is 29.0 Å². The predicted molar refractivity (Wildman–Crippen MR) is 265 cm³/mol. The number of ether oxygens (including phenoxy) is 2. The van der Waals surface area contributed by atoms with Crippen molar-refractivity contribution in [3.8, 4) is 28.0 Å². The molecule has 1 unspecified atom stereocenters. The summed E-state index contributed by atoms with van der Waals surface area (Å²) in [6.45, 7) is 13.0. The van der Waals surface area contributed by atoms with Gasteiger partial charge >= 0.3 is 0 Å². The molecule has 0 saturated carbocycles. The molecule has 3 heterocycles. The third kappa shape index (κ3) is 16.9. The van der Waals surface area contributed by atoms with Gasteiger partial charge in [0.2, 0.25) is 0 Å². The largest absolute Gasteiger partial charge is 0.491 e. The molecular formula is C59H66O6. The zero-order chi connectivity index (χ0) is 45.3. The maximum absolute atomic E-state index is 5.40. The van der Waals surface area contributed by atoms with Gasteiger partial charge in [-0.1, -0.05) is 204 Å². The van der Waals surface area contributed by atoms with Crippen LogP contribution in [-0.2, 0) is 50.0 Å². The standard InChI is InChI=1S/2C16H18.3C9H10O2/c2*1-3-13-5-9-15(10-6-13)16-11-7-14(4-2)8-12-16;1-2-4-8(5-3-1)10-6-9-7-11-9;2*1-2-4-8(5-3-1)9-6-10-11-7-9/h2*5-12H,3-4H2,1-2H3;3*1-5,9H,6-7H2. The number of aryl methyl sites for hydroxylation is 4. The molecule has 3 aliphatic rings. The number of epoxide rings is 1. The summed E-state index contributed by atoms with van der Waals surface area (Å²) < 4.78 is 10.4. The van der Waals surface area contributed by atoms with Crippen LogP contribution in [0, 0.1) is 0 Å². The van der Waals surface area contributed by atoms with Crippen molar-refractivity contribution in [3.63, 3.8) is 0 Å². The molecular weight excluding hydrogens is 805 g/mol. The van der Waals surface area contributed by atoms with Crippen molar-refractivity contribution >= 4 is 0 Å². The molecule has 65 heavy (non-hydrogen) atoms. The maximum Gasteiger partial charge on any atom is 0.119 e.